The molecule has 114 valence electrons. The number of hydrogen-bond donors (Lipinski definition) is 1. The largest absolute Gasteiger partial charge is 0.373 e. The van der Waals surface area contributed by atoms with Crippen LogP contribution in [0.15, 0.2) is 12.1 Å². The van der Waals surface area contributed by atoms with Gasteiger partial charge in [0.15, 0.2) is 0 Å². The summed E-state index contributed by atoms with van der Waals surface area (Å²) >= 11 is 1.92. The van der Waals surface area contributed by atoms with Gasteiger partial charge in [0.1, 0.15) is 0 Å². The van der Waals surface area contributed by atoms with Crippen molar-refractivity contribution in [3.8, 4) is 0 Å². The number of morpholine rings is 1. The van der Waals surface area contributed by atoms with Crippen LogP contribution < -0.4 is 5.32 Å². The maximum absolute atomic E-state index is 5.77. The molecule has 1 aromatic heterocycles. The molecule has 0 radical (unpaired) electrons. The van der Waals surface area contributed by atoms with E-state index in [-0.39, 0.29) is 11.1 Å². The van der Waals surface area contributed by atoms with Crippen molar-refractivity contribution in [3.05, 3.63) is 21.9 Å². The molecular formula is C16H28N2OS. The molecule has 3 nitrogen and oxygen atoms in total. The van der Waals surface area contributed by atoms with Crippen LogP contribution >= 0.6 is 11.3 Å². The first-order chi connectivity index (χ1) is 9.23. The summed E-state index contributed by atoms with van der Waals surface area (Å²) in [5.41, 5.74) is 0.171. The Morgan fingerprint density at radius 3 is 2.65 bits per heavy atom. The summed E-state index contributed by atoms with van der Waals surface area (Å²) in [4.78, 5) is 5.37. The summed E-state index contributed by atoms with van der Waals surface area (Å²) in [5, 5.41) is 3.55. The van der Waals surface area contributed by atoms with Gasteiger partial charge in [-0.1, -0.05) is 0 Å². The summed E-state index contributed by atoms with van der Waals surface area (Å²) < 4.78 is 5.77. The minimum atomic E-state index is -0.00781. The Bertz CT molecular complexity index is 434. The van der Waals surface area contributed by atoms with Gasteiger partial charge in [0.25, 0.3) is 0 Å². The highest BCUT2D eigenvalue weighted by atomic mass is 32.1. The van der Waals surface area contributed by atoms with Crippen LogP contribution in [-0.2, 0) is 17.8 Å². The highest BCUT2D eigenvalue weighted by molar-refractivity contribution is 7.11. The first kappa shape index (κ1) is 16.0. The predicted octanol–water partition coefficient (Wildman–Crippen LogP) is 3.25. The van der Waals surface area contributed by atoms with Crippen LogP contribution in [-0.4, -0.2) is 35.7 Å². The second-order valence-electron chi connectivity index (χ2n) is 7.29. The lowest BCUT2D eigenvalue weighted by atomic mass is 10.1. The molecule has 0 spiro atoms. The Kier molecular flexibility index (Phi) is 4.90. The van der Waals surface area contributed by atoms with Crippen molar-refractivity contribution in [2.45, 2.75) is 58.8 Å². The number of nitrogens with zero attached hydrogens (tertiary/aromatic N) is 1. The second-order valence-corrected chi connectivity index (χ2v) is 8.54. The molecule has 0 aliphatic carbocycles. The van der Waals surface area contributed by atoms with Crippen LogP contribution in [0.5, 0.6) is 0 Å². The van der Waals surface area contributed by atoms with Crippen LogP contribution in [0.3, 0.4) is 0 Å². The van der Waals surface area contributed by atoms with Gasteiger partial charge in [-0.25, -0.2) is 0 Å². The van der Waals surface area contributed by atoms with Crippen LogP contribution in [0.2, 0.25) is 0 Å². The summed E-state index contributed by atoms with van der Waals surface area (Å²) in [6, 6.07) is 4.52. The lowest BCUT2D eigenvalue weighted by Crippen LogP contribution is -2.47. The van der Waals surface area contributed by atoms with E-state index in [1.165, 1.54) is 9.75 Å². The Morgan fingerprint density at radius 1 is 1.30 bits per heavy atom. The van der Waals surface area contributed by atoms with Crippen LogP contribution in [0.1, 0.15) is 44.4 Å². The molecule has 1 fully saturated rings. The summed E-state index contributed by atoms with van der Waals surface area (Å²) in [7, 11) is 0. The van der Waals surface area contributed by atoms with Crippen molar-refractivity contribution in [1.29, 1.82) is 0 Å². The fraction of sp³-hybridized carbons (Fsp3) is 0.750. The van der Waals surface area contributed by atoms with Gasteiger partial charge >= 0.3 is 0 Å². The number of nitrogens with one attached hydrogen (secondary N) is 1. The fourth-order valence-electron chi connectivity index (χ4n) is 2.42. The van der Waals surface area contributed by atoms with E-state index in [9.17, 15) is 0 Å². The highest BCUT2D eigenvalue weighted by Gasteiger charge is 2.27. The topological polar surface area (TPSA) is 24.5 Å². The minimum absolute atomic E-state index is 0.00781. The van der Waals surface area contributed by atoms with E-state index in [4.69, 9.17) is 4.74 Å². The zero-order valence-electron chi connectivity index (χ0n) is 13.5. The van der Waals surface area contributed by atoms with Crippen molar-refractivity contribution in [2.75, 3.05) is 19.7 Å². The monoisotopic (exact) mass is 296 g/mol. The quantitative estimate of drug-likeness (QED) is 0.923. The molecule has 1 saturated heterocycles. The number of hydrogen-bond acceptors (Lipinski definition) is 4. The highest BCUT2D eigenvalue weighted by Crippen LogP contribution is 2.22. The Hall–Kier alpha value is -0.420. The molecular weight excluding hydrogens is 268 g/mol. The van der Waals surface area contributed by atoms with Gasteiger partial charge in [0.05, 0.1) is 12.2 Å². The van der Waals surface area contributed by atoms with Gasteiger partial charge in [-0.05, 0) is 46.8 Å². The third-order valence-electron chi connectivity index (χ3n) is 3.39. The zero-order valence-corrected chi connectivity index (χ0v) is 14.3. The molecule has 0 aromatic carbocycles. The molecule has 4 heteroatoms. The first-order valence-electron chi connectivity index (χ1n) is 7.42. The maximum atomic E-state index is 5.77. The average molecular weight is 296 g/mol. The predicted molar refractivity (Wildman–Crippen MR) is 86.2 cm³/mol. The van der Waals surface area contributed by atoms with Gasteiger partial charge in [0.2, 0.25) is 0 Å². The molecule has 20 heavy (non-hydrogen) atoms. The van der Waals surface area contributed by atoms with Gasteiger partial charge in [-0.2, -0.15) is 0 Å². The molecule has 1 aliphatic rings. The van der Waals surface area contributed by atoms with Crippen molar-refractivity contribution in [3.63, 3.8) is 0 Å². The normalized spacial score (nSPS) is 20.2. The first-order valence-corrected chi connectivity index (χ1v) is 8.24. The summed E-state index contributed by atoms with van der Waals surface area (Å²) in [6.07, 6.45) is 0. The molecule has 0 unspecified atom stereocenters. The van der Waals surface area contributed by atoms with Crippen LogP contribution in [0, 0.1) is 0 Å². The van der Waals surface area contributed by atoms with E-state index in [2.05, 4.69) is 57.0 Å². The standard InChI is InChI=1S/C16H28N2OS/c1-15(2,3)17-10-13-6-7-14(20-13)11-18-8-9-19-16(4,5)12-18/h6-7,17H,8-12H2,1-5H3. The lowest BCUT2D eigenvalue weighted by molar-refractivity contribution is -0.0880. The lowest BCUT2D eigenvalue weighted by Gasteiger charge is -2.37. The van der Waals surface area contributed by atoms with Crippen molar-refractivity contribution in [2.24, 2.45) is 0 Å². The third kappa shape index (κ3) is 5.17. The Labute approximate surface area is 127 Å². The molecule has 2 heterocycles. The third-order valence-corrected chi connectivity index (χ3v) is 4.46. The smallest absolute Gasteiger partial charge is 0.0753 e. The molecule has 0 bridgehead atoms. The summed E-state index contributed by atoms with van der Waals surface area (Å²) in [5.74, 6) is 0. The van der Waals surface area contributed by atoms with Crippen LogP contribution in [0.4, 0.5) is 0 Å². The number of rotatable bonds is 4. The average Bonchev–Trinajstić information content (AvgIpc) is 2.72. The molecule has 0 atom stereocenters. The van der Waals surface area contributed by atoms with Crippen molar-refractivity contribution < 1.29 is 4.74 Å². The van der Waals surface area contributed by atoms with E-state index in [1.54, 1.807) is 0 Å². The van der Waals surface area contributed by atoms with Crippen molar-refractivity contribution in [1.82, 2.24) is 10.2 Å². The number of ether oxygens (including phenoxy) is 1. The maximum Gasteiger partial charge on any atom is 0.0753 e. The van der Waals surface area contributed by atoms with Gasteiger partial charge in [-0.3, -0.25) is 4.90 Å². The van der Waals surface area contributed by atoms with E-state index in [0.717, 1.165) is 32.8 Å². The molecule has 1 aromatic rings. The fourth-order valence-corrected chi connectivity index (χ4v) is 3.42. The molecule has 0 amide bonds. The van der Waals surface area contributed by atoms with Crippen LogP contribution in [0.25, 0.3) is 0 Å². The molecule has 1 aliphatic heterocycles. The van der Waals surface area contributed by atoms with E-state index in [0.29, 0.717) is 0 Å². The Morgan fingerprint density at radius 2 is 2.00 bits per heavy atom. The zero-order chi connectivity index (χ0) is 14.8. The Balaban J connectivity index is 1.86. The van der Waals surface area contributed by atoms with Gasteiger partial charge < -0.3 is 10.1 Å². The van der Waals surface area contributed by atoms with E-state index in [1.807, 2.05) is 11.3 Å². The molecule has 2 rings (SSSR count). The number of thiophene rings is 1. The van der Waals surface area contributed by atoms with E-state index >= 15 is 0 Å². The second kappa shape index (κ2) is 6.14. The minimum Gasteiger partial charge on any atom is -0.373 e. The van der Waals surface area contributed by atoms with E-state index < -0.39 is 0 Å². The van der Waals surface area contributed by atoms with Gasteiger partial charge in [0, 0.05) is 41.5 Å². The van der Waals surface area contributed by atoms with Gasteiger partial charge in [-0.15, -0.1) is 11.3 Å². The van der Waals surface area contributed by atoms with Crippen molar-refractivity contribution >= 4 is 11.3 Å². The molecule has 0 saturated carbocycles. The molecule has 1 N–H and O–H groups in total. The summed E-state index contributed by atoms with van der Waals surface area (Å²) in [6.45, 7) is 15.9. The SMILES string of the molecule is CC(C)(C)NCc1ccc(CN2CCOC(C)(C)C2)s1.